The van der Waals surface area contributed by atoms with E-state index >= 15 is 0 Å². The van der Waals surface area contributed by atoms with Gasteiger partial charge in [0.1, 0.15) is 22.8 Å². The van der Waals surface area contributed by atoms with Crippen LogP contribution in [0.4, 0.5) is 49.4 Å². The summed E-state index contributed by atoms with van der Waals surface area (Å²) in [5.74, 6) is -0.303. The third-order valence-electron chi connectivity index (χ3n) is 11.3. The van der Waals surface area contributed by atoms with Crippen molar-refractivity contribution in [1.82, 2.24) is 19.5 Å². The van der Waals surface area contributed by atoms with Gasteiger partial charge in [-0.1, -0.05) is 0 Å². The maximum absolute atomic E-state index is 13.4. The van der Waals surface area contributed by atoms with Crippen molar-refractivity contribution >= 4 is 56.8 Å². The first-order valence-electron chi connectivity index (χ1n) is 19.4. The lowest BCUT2D eigenvalue weighted by Crippen LogP contribution is -2.12. The highest BCUT2D eigenvalue weighted by molar-refractivity contribution is 5.96. The lowest BCUT2D eigenvalue weighted by Gasteiger charge is -2.15. The van der Waals surface area contributed by atoms with E-state index in [0.717, 1.165) is 59.1 Å². The third kappa shape index (κ3) is 8.34. The van der Waals surface area contributed by atoms with Gasteiger partial charge in [-0.3, -0.25) is 0 Å². The molecule has 0 aliphatic heterocycles. The first kappa shape index (κ1) is 39.6. The Balaban J connectivity index is 0.868. The number of fused-ring (bicyclic) bond motifs is 2. The Hall–Kier alpha value is -6.84. The number of halogens is 6. The largest absolute Gasteiger partial charge is 0.478 e. The fourth-order valence-corrected chi connectivity index (χ4v) is 7.97. The zero-order valence-corrected chi connectivity index (χ0v) is 32.3. The molecule has 4 aromatic heterocycles. The summed E-state index contributed by atoms with van der Waals surface area (Å²) in [5, 5.41) is 18.1. The van der Waals surface area contributed by atoms with Crippen molar-refractivity contribution in [2.45, 2.75) is 56.4 Å². The summed E-state index contributed by atoms with van der Waals surface area (Å²) in [6.07, 6.45) is -1.14. The van der Waals surface area contributed by atoms with Gasteiger partial charge in [0.2, 0.25) is 0 Å². The summed E-state index contributed by atoms with van der Waals surface area (Å²) in [6.45, 7) is -0.246. The highest BCUT2D eigenvalue weighted by Gasteiger charge is 2.40. The number of nitrogens with zero attached hydrogens (tertiary/aromatic N) is 3. The molecule has 0 bridgehead atoms. The summed E-state index contributed by atoms with van der Waals surface area (Å²) in [7, 11) is 1.35. The van der Waals surface area contributed by atoms with Crippen LogP contribution in [0.3, 0.4) is 0 Å². The highest BCUT2D eigenvalue weighted by Crippen LogP contribution is 2.50. The second kappa shape index (κ2) is 15.0. The van der Waals surface area contributed by atoms with Crippen LogP contribution in [0, 0.1) is 5.92 Å². The Morgan fingerprint density at radius 2 is 1.44 bits per heavy atom. The molecule has 0 radical (unpaired) electrons. The number of carbonyl (C=O) groups is 2. The van der Waals surface area contributed by atoms with Crippen molar-refractivity contribution in [1.29, 1.82) is 0 Å². The van der Waals surface area contributed by atoms with Gasteiger partial charge in [0, 0.05) is 64.0 Å². The summed E-state index contributed by atoms with van der Waals surface area (Å²) in [5.41, 5.74) is 3.01. The molecule has 4 N–H and O–H groups in total. The molecule has 2 aliphatic rings. The van der Waals surface area contributed by atoms with Gasteiger partial charge >= 0.3 is 24.3 Å². The molecule has 3 aromatic carbocycles. The fourth-order valence-electron chi connectivity index (χ4n) is 7.97. The molecule has 2 saturated carbocycles. The number of alkyl halides is 6. The van der Waals surface area contributed by atoms with Crippen molar-refractivity contribution in [3.05, 3.63) is 142 Å². The number of aromatic nitrogens is 4. The van der Waals surface area contributed by atoms with Crippen LogP contribution in [-0.4, -0.2) is 43.7 Å². The van der Waals surface area contributed by atoms with E-state index < -0.39 is 35.4 Å². The zero-order valence-electron chi connectivity index (χ0n) is 32.3. The molecule has 1 unspecified atom stereocenters. The van der Waals surface area contributed by atoms with Gasteiger partial charge < -0.3 is 30.0 Å². The smallest absolute Gasteiger partial charge is 0.416 e. The van der Waals surface area contributed by atoms with Crippen LogP contribution >= 0.6 is 0 Å². The van der Waals surface area contributed by atoms with E-state index in [4.69, 9.17) is 4.74 Å². The predicted molar refractivity (Wildman–Crippen MR) is 216 cm³/mol. The number of hydrogen-bond acceptors (Lipinski definition) is 7. The Morgan fingerprint density at radius 1 is 0.803 bits per heavy atom. The molecule has 2 fully saturated rings. The number of esters is 1. The van der Waals surface area contributed by atoms with E-state index in [-0.39, 0.29) is 41.4 Å². The molecule has 312 valence electrons. The zero-order chi connectivity index (χ0) is 42.8. The summed E-state index contributed by atoms with van der Waals surface area (Å²) >= 11 is 0. The van der Waals surface area contributed by atoms with Gasteiger partial charge in [0.15, 0.2) is 0 Å². The van der Waals surface area contributed by atoms with Crippen LogP contribution < -0.4 is 10.6 Å². The molecule has 0 amide bonds. The predicted octanol–water partition coefficient (Wildman–Crippen LogP) is 11.2. The second-order valence-electron chi connectivity index (χ2n) is 15.7. The molecule has 7 aromatic rings. The molecular weight excluding hydrogens is 803 g/mol. The Bertz CT molecular complexity index is 2830. The van der Waals surface area contributed by atoms with Gasteiger partial charge in [-0.2, -0.15) is 26.3 Å². The summed E-state index contributed by atoms with van der Waals surface area (Å²) in [4.78, 5) is 37.5. The van der Waals surface area contributed by atoms with Crippen LogP contribution in [0.25, 0.3) is 21.8 Å². The number of anilines is 4. The number of carbonyl (C=O) groups excluding carboxylic acids is 1. The van der Waals surface area contributed by atoms with E-state index in [1.807, 2.05) is 24.3 Å². The number of ether oxygens (including phenoxy) is 1. The quantitative estimate of drug-likeness (QED) is 0.0706. The van der Waals surface area contributed by atoms with E-state index in [2.05, 4.69) is 31.7 Å². The SMILES string of the molecule is COC(=O)c1cc(C2CC2)cnc1Nc1ccc2[nH]c(C[C@@H]3CC3c3cnc(Nc4ccc5c(ccn5Cc5cc(C(F)(F)F)cc(C(F)(F)F)c5)c4)c(C(=O)O)c3)cc2c1. The van der Waals surface area contributed by atoms with Gasteiger partial charge in [-0.15, -0.1) is 0 Å². The van der Waals surface area contributed by atoms with Crippen molar-refractivity contribution < 1.29 is 45.8 Å². The number of H-pyrrole nitrogens is 1. The first-order valence-corrected chi connectivity index (χ1v) is 19.4. The summed E-state index contributed by atoms with van der Waals surface area (Å²) < 4.78 is 87.2. The average Bonchev–Trinajstić information content (AvgIpc) is 4.14. The van der Waals surface area contributed by atoms with Crippen molar-refractivity contribution in [3.63, 3.8) is 0 Å². The van der Waals surface area contributed by atoms with Crippen LogP contribution in [0.5, 0.6) is 0 Å². The Kier molecular flexibility index (Phi) is 9.75. The number of methoxy groups -OCH3 is 1. The van der Waals surface area contributed by atoms with Crippen LogP contribution in [0.2, 0.25) is 0 Å². The molecule has 2 aliphatic carbocycles. The highest BCUT2D eigenvalue weighted by atomic mass is 19.4. The monoisotopic (exact) mass is 838 g/mol. The molecule has 9 rings (SSSR count). The minimum atomic E-state index is -4.96. The van der Waals surface area contributed by atoms with E-state index in [1.54, 1.807) is 48.9 Å². The number of carboxylic acids is 1. The van der Waals surface area contributed by atoms with Crippen molar-refractivity contribution in [3.8, 4) is 0 Å². The lowest BCUT2D eigenvalue weighted by atomic mass is 10.0. The van der Waals surface area contributed by atoms with Gasteiger partial charge in [-0.05, 0) is 139 Å². The van der Waals surface area contributed by atoms with Crippen LogP contribution in [0.1, 0.15) is 85.3 Å². The molecule has 2 atom stereocenters. The van der Waals surface area contributed by atoms with E-state index in [0.29, 0.717) is 46.0 Å². The van der Waals surface area contributed by atoms with E-state index in [9.17, 15) is 41.0 Å². The average molecular weight is 839 g/mol. The number of benzene rings is 3. The fraction of sp³-hybridized carbons (Fsp3) is 0.244. The summed E-state index contributed by atoms with van der Waals surface area (Å²) in [6, 6.07) is 19.5. The van der Waals surface area contributed by atoms with Crippen LogP contribution in [0.15, 0.2) is 97.5 Å². The standard InChI is InChI=1S/C45H36F6N6O4/c1-61-43(60)37-17-28(24-2-3-24)20-52-41(37)56-32-4-6-38-27(14-32)15-34(54-38)13-26-16-35(26)29-18-36(42(58)59)40(53-21-29)55-33-5-7-39-25(12-33)8-9-57(39)22-23-10-30(44(46,47)48)19-31(11-23)45(49,50)51/h4-12,14-15,17-21,24,26,35,54H,2-3,13,16,22H2,1H3,(H,52,56)(H,53,55)(H,58,59)/t26-,35?/m1/s1. The minimum absolute atomic E-state index is 0.0245. The van der Waals surface area contributed by atoms with Gasteiger partial charge in [0.05, 0.1) is 18.2 Å². The van der Waals surface area contributed by atoms with Gasteiger partial charge in [0.25, 0.3) is 0 Å². The maximum atomic E-state index is 13.4. The van der Waals surface area contributed by atoms with Crippen LogP contribution in [-0.2, 0) is 30.1 Å². The number of pyridine rings is 2. The molecule has 10 nitrogen and oxygen atoms in total. The topological polar surface area (TPSA) is 134 Å². The van der Waals surface area contributed by atoms with Crippen molar-refractivity contribution in [2.24, 2.45) is 5.92 Å². The third-order valence-corrected chi connectivity index (χ3v) is 11.3. The molecule has 61 heavy (non-hydrogen) atoms. The first-order chi connectivity index (χ1) is 29.1. The van der Waals surface area contributed by atoms with Crippen molar-refractivity contribution in [2.75, 3.05) is 17.7 Å². The normalized spacial score (nSPS) is 16.5. The second-order valence-corrected chi connectivity index (χ2v) is 15.7. The number of hydrogen-bond donors (Lipinski definition) is 4. The molecule has 0 saturated heterocycles. The number of aromatic amines is 1. The number of nitrogens with one attached hydrogen (secondary N) is 3. The van der Waals surface area contributed by atoms with Gasteiger partial charge in [-0.25, -0.2) is 19.6 Å². The number of aromatic carboxylic acids is 1. The lowest BCUT2D eigenvalue weighted by molar-refractivity contribution is -0.143. The molecule has 16 heteroatoms. The molecule has 0 spiro atoms. The maximum Gasteiger partial charge on any atom is 0.416 e. The molecule has 4 heterocycles. The molecular formula is C45H36F6N6O4. The van der Waals surface area contributed by atoms with E-state index in [1.165, 1.54) is 11.7 Å². The number of rotatable bonds is 12. The Labute approximate surface area is 343 Å². The minimum Gasteiger partial charge on any atom is -0.478 e. The Morgan fingerprint density at radius 3 is 2.10 bits per heavy atom. The number of carboxylic acid groups (broad SMARTS) is 1.